The maximum absolute atomic E-state index is 13.4. The number of fused-ring (bicyclic) bond motifs is 2. The van der Waals surface area contributed by atoms with E-state index >= 15 is 0 Å². The lowest BCUT2D eigenvalue weighted by atomic mass is 9.93. The van der Waals surface area contributed by atoms with Crippen LogP contribution < -0.4 is 16.0 Å². The summed E-state index contributed by atoms with van der Waals surface area (Å²) in [5.74, 6) is 0.682. The Bertz CT molecular complexity index is 1310. The Balaban J connectivity index is 1.48. The number of amides is 1. The molecule has 2 aliphatic rings. The molecule has 0 aliphatic carbocycles. The van der Waals surface area contributed by atoms with Crippen molar-refractivity contribution in [2.75, 3.05) is 13.2 Å². The van der Waals surface area contributed by atoms with Gasteiger partial charge in [0, 0.05) is 36.1 Å². The third-order valence-electron chi connectivity index (χ3n) is 6.67. The first kappa shape index (κ1) is 23.7. The van der Waals surface area contributed by atoms with Crippen molar-refractivity contribution in [3.63, 3.8) is 0 Å². The molecule has 2 aliphatic heterocycles. The van der Waals surface area contributed by atoms with Gasteiger partial charge < -0.3 is 24.7 Å². The molecule has 3 heterocycles. The van der Waals surface area contributed by atoms with E-state index in [1.165, 1.54) is 0 Å². The van der Waals surface area contributed by atoms with Crippen molar-refractivity contribution in [2.24, 2.45) is 5.73 Å². The Kier molecular flexibility index (Phi) is 6.23. The number of nitrogens with two attached hydrogens (primary N) is 1. The summed E-state index contributed by atoms with van der Waals surface area (Å²) in [6.07, 6.45) is 3.53. The molecule has 3 aromatic rings. The maximum atomic E-state index is 13.4. The molecular formula is C27H30ClN3O4. The first-order chi connectivity index (χ1) is 16.7. The lowest BCUT2D eigenvalue weighted by Gasteiger charge is -2.33. The molecule has 35 heavy (non-hydrogen) atoms. The summed E-state index contributed by atoms with van der Waals surface area (Å²) in [4.78, 5) is 27.1. The van der Waals surface area contributed by atoms with Gasteiger partial charge in [0.15, 0.2) is 0 Å². The summed E-state index contributed by atoms with van der Waals surface area (Å²) in [7, 11) is 0. The molecule has 0 radical (unpaired) electrons. The van der Waals surface area contributed by atoms with E-state index in [9.17, 15) is 9.59 Å². The molecule has 184 valence electrons. The van der Waals surface area contributed by atoms with Gasteiger partial charge in [-0.1, -0.05) is 23.7 Å². The van der Waals surface area contributed by atoms with Crippen LogP contribution >= 0.6 is 11.6 Å². The summed E-state index contributed by atoms with van der Waals surface area (Å²) < 4.78 is 13.4. The minimum atomic E-state index is -0.440. The first-order valence-electron chi connectivity index (χ1n) is 12.0. The zero-order chi connectivity index (χ0) is 24.7. The highest BCUT2D eigenvalue weighted by Crippen LogP contribution is 2.32. The molecule has 7 nitrogen and oxygen atoms in total. The quantitative estimate of drug-likeness (QED) is 0.549. The van der Waals surface area contributed by atoms with Gasteiger partial charge >= 0.3 is 6.09 Å². The fourth-order valence-electron chi connectivity index (χ4n) is 4.96. The van der Waals surface area contributed by atoms with Crippen LogP contribution in [0.15, 0.2) is 53.5 Å². The number of nitrogens with zero attached hydrogens (tertiary/aromatic N) is 2. The molecule has 2 aromatic carbocycles. The van der Waals surface area contributed by atoms with E-state index in [-0.39, 0.29) is 23.8 Å². The van der Waals surface area contributed by atoms with Crippen molar-refractivity contribution < 1.29 is 14.3 Å². The number of hydrogen-bond acceptors (Lipinski definition) is 5. The average Bonchev–Trinajstić information content (AvgIpc) is 3.17. The standard InChI is InChI=1S/C27H30ClN3O4/c1-27(2,29)14-19-11-18-7-9-30(15-17-3-5-20(28)6-4-17)25(32)23(18)13-24(19)35-22-8-10-31-21(12-22)16-34-26(31)33/h3-7,9,11,13,21-22H,8,10,12,14-16,29H2,1-2H3/t21-,22-/m0/s1. The van der Waals surface area contributed by atoms with Crippen LogP contribution in [0.25, 0.3) is 10.8 Å². The lowest BCUT2D eigenvalue weighted by molar-refractivity contribution is 0.0927. The smallest absolute Gasteiger partial charge is 0.410 e. The van der Waals surface area contributed by atoms with Crippen LogP contribution in [0.2, 0.25) is 5.02 Å². The number of carbonyl (C=O) groups excluding carboxylic acids is 1. The predicted octanol–water partition coefficient (Wildman–Crippen LogP) is 4.35. The normalized spacial score (nSPS) is 20.1. The van der Waals surface area contributed by atoms with E-state index in [0.717, 1.165) is 16.5 Å². The number of hydrogen-bond donors (Lipinski definition) is 1. The van der Waals surface area contributed by atoms with Gasteiger partial charge in [0.25, 0.3) is 5.56 Å². The molecular weight excluding hydrogens is 466 g/mol. The number of piperidine rings is 1. The lowest BCUT2D eigenvalue weighted by Crippen LogP contribution is -2.44. The van der Waals surface area contributed by atoms with Gasteiger partial charge in [0.1, 0.15) is 18.5 Å². The largest absolute Gasteiger partial charge is 0.490 e. The zero-order valence-corrected chi connectivity index (χ0v) is 20.8. The Hall–Kier alpha value is -3.03. The number of benzene rings is 2. The molecule has 2 fully saturated rings. The monoisotopic (exact) mass is 495 g/mol. The highest BCUT2D eigenvalue weighted by molar-refractivity contribution is 6.30. The fraction of sp³-hybridized carbons (Fsp3) is 0.407. The Morgan fingerprint density at radius 2 is 1.94 bits per heavy atom. The van der Waals surface area contributed by atoms with Crippen LogP contribution in [-0.4, -0.2) is 46.4 Å². The molecule has 0 spiro atoms. The van der Waals surface area contributed by atoms with E-state index in [0.29, 0.717) is 55.1 Å². The van der Waals surface area contributed by atoms with Crippen molar-refractivity contribution in [3.05, 3.63) is 75.2 Å². The van der Waals surface area contributed by atoms with Gasteiger partial charge in [0.05, 0.1) is 18.0 Å². The molecule has 2 saturated heterocycles. The number of carbonyl (C=O) groups is 1. The van der Waals surface area contributed by atoms with Gasteiger partial charge in [0.2, 0.25) is 0 Å². The molecule has 1 amide bonds. The molecule has 5 rings (SSSR count). The predicted molar refractivity (Wildman–Crippen MR) is 136 cm³/mol. The number of cyclic esters (lactones) is 1. The van der Waals surface area contributed by atoms with Crippen molar-refractivity contribution in [2.45, 2.75) is 57.3 Å². The van der Waals surface area contributed by atoms with E-state index < -0.39 is 5.54 Å². The second kappa shape index (κ2) is 9.21. The Morgan fingerprint density at radius 3 is 2.69 bits per heavy atom. The second-order valence-electron chi connectivity index (χ2n) is 10.3. The molecule has 2 N–H and O–H groups in total. The molecule has 0 unspecified atom stereocenters. The first-order valence-corrected chi connectivity index (χ1v) is 12.3. The molecule has 0 bridgehead atoms. The van der Waals surface area contributed by atoms with Gasteiger partial charge in [-0.2, -0.15) is 0 Å². The summed E-state index contributed by atoms with van der Waals surface area (Å²) in [5, 5.41) is 2.13. The summed E-state index contributed by atoms with van der Waals surface area (Å²) in [6.45, 7) is 5.41. The van der Waals surface area contributed by atoms with Crippen molar-refractivity contribution >= 4 is 28.5 Å². The highest BCUT2D eigenvalue weighted by Gasteiger charge is 2.39. The number of pyridine rings is 1. The number of halogens is 1. The zero-order valence-electron chi connectivity index (χ0n) is 20.0. The Morgan fingerprint density at radius 1 is 1.17 bits per heavy atom. The Labute approximate surface area is 209 Å². The van der Waals surface area contributed by atoms with E-state index in [2.05, 4.69) is 0 Å². The number of ether oxygens (including phenoxy) is 2. The molecule has 2 atom stereocenters. The molecule has 8 heteroatoms. The maximum Gasteiger partial charge on any atom is 0.410 e. The van der Waals surface area contributed by atoms with Gasteiger partial charge in [-0.25, -0.2) is 4.79 Å². The highest BCUT2D eigenvalue weighted by atomic mass is 35.5. The van der Waals surface area contributed by atoms with Gasteiger partial charge in [-0.05, 0) is 67.1 Å². The van der Waals surface area contributed by atoms with Crippen LogP contribution in [0.1, 0.15) is 37.8 Å². The van der Waals surface area contributed by atoms with Gasteiger partial charge in [-0.15, -0.1) is 0 Å². The second-order valence-corrected chi connectivity index (χ2v) is 10.7. The molecule has 1 aromatic heterocycles. The van der Waals surface area contributed by atoms with Crippen molar-refractivity contribution in [3.8, 4) is 5.75 Å². The van der Waals surface area contributed by atoms with Crippen LogP contribution in [-0.2, 0) is 17.7 Å². The van der Waals surface area contributed by atoms with E-state index in [1.807, 2.05) is 62.5 Å². The summed E-state index contributed by atoms with van der Waals surface area (Å²) >= 11 is 6.00. The summed E-state index contributed by atoms with van der Waals surface area (Å²) in [6, 6.07) is 13.4. The van der Waals surface area contributed by atoms with Crippen LogP contribution in [0.5, 0.6) is 5.75 Å². The van der Waals surface area contributed by atoms with Crippen LogP contribution in [0, 0.1) is 0 Å². The summed E-state index contributed by atoms with van der Waals surface area (Å²) in [5.41, 5.74) is 7.81. The van der Waals surface area contributed by atoms with Crippen LogP contribution in [0.3, 0.4) is 0 Å². The van der Waals surface area contributed by atoms with Crippen LogP contribution in [0.4, 0.5) is 4.79 Å². The van der Waals surface area contributed by atoms with Gasteiger partial charge in [-0.3, -0.25) is 4.79 Å². The molecule has 0 saturated carbocycles. The SMILES string of the molecule is CC(C)(N)Cc1cc2ccn(Cc3ccc(Cl)cc3)c(=O)c2cc1O[C@H]1CCN2C(=O)OC[C@@H]2C1. The number of aromatic nitrogens is 1. The van der Waals surface area contributed by atoms with Crippen molar-refractivity contribution in [1.82, 2.24) is 9.47 Å². The fourth-order valence-corrected chi connectivity index (χ4v) is 5.08. The van der Waals surface area contributed by atoms with E-state index in [4.69, 9.17) is 26.8 Å². The third-order valence-corrected chi connectivity index (χ3v) is 6.92. The van der Waals surface area contributed by atoms with Crippen molar-refractivity contribution in [1.29, 1.82) is 0 Å². The third kappa shape index (κ3) is 5.16. The minimum absolute atomic E-state index is 0.0349. The van der Waals surface area contributed by atoms with E-state index in [1.54, 1.807) is 9.47 Å². The topological polar surface area (TPSA) is 86.8 Å². The minimum Gasteiger partial charge on any atom is -0.490 e. The average molecular weight is 496 g/mol. The number of rotatable bonds is 6.